The largest absolute Gasteiger partial charge is 0.469 e. The number of fused-ring (bicyclic) bond motifs is 1. The first-order valence-corrected chi connectivity index (χ1v) is 8.67. The molecule has 3 aromatic rings. The van der Waals surface area contributed by atoms with E-state index in [1.807, 2.05) is 23.7 Å². The van der Waals surface area contributed by atoms with Crippen LogP contribution in [0.2, 0.25) is 0 Å². The summed E-state index contributed by atoms with van der Waals surface area (Å²) in [6.07, 6.45) is 0.122. The number of imidazole rings is 1. The standard InChI is InChI=1S/C20H21N5O3/c1-25-16-11-14(20(27)23-10-9-17(26)28-2)7-8-15(16)24-19(25)13-5-3-12(4-6-13)18(21)22/h3-8,11H,9-10H2,1-2H3,(H3,21,22)(H,23,27). The number of esters is 1. The van der Waals surface area contributed by atoms with E-state index in [1.54, 1.807) is 30.3 Å². The molecule has 0 saturated heterocycles. The van der Waals surface area contributed by atoms with Crippen molar-refractivity contribution in [1.82, 2.24) is 14.9 Å². The molecule has 8 heteroatoms. The number of carbonyl (C=O) groups excluding carboxylic acids is 2. The molecule has 0 aliphatic heterocycles. The van der Waals surface area contributed by atoms with Crippen molar-refractivity contribution in [1.29, 1.82) is 5.41 Å². The normalized spacial score (nSPS) is 10.6. The van der Waals surface area contributed by atoms with Crippen LogP contribution in [-0.4, -0.2) is 40.9 Å². The van der Waals surface area contributed by atoms with Gasteiger partial charge in [0, 0.05) is 30.3 Å². The highest BCUT2D eigenvalue weighted by Crippen LogP contribution is 2.24. The number of amidine groups is 1. The first-order valence-electron chi connectivity index (χ1n) is 8.67. The number of ether oxygens (including phenoxy) is 1. The lowest BCUT2D eigenvalue weighted by Gasteiger charge is -2.06. The second-order valence-corrected chi connectivity index (χ2v) is 6.27. The number of aromatic nitrogens is 2. The Bertz CT molecular complexity index is 1050. The van der Waals surface area contributed by atoms with Crippen LogP contribution in [0.15, 0.2) is 42.5 Å². The SMILES string of the molecule is COC(=O)CCNC(=O)c1ccc2nc(-c3ccc(C(=N)N)cc3)n(C)c2c1. The molecule has 0 unspecified atom stereocenters. The molecule has 8 nitrogen and oxygen atoms in total. The topological polar surface area (TPSA) is 123 Å². The van der Waals surface area contributed by atoms with Crippen LogP contribution in [0.3, 0.4) is 0 Å². The van der Waals surface area contributed by atoms with Crippen molar-refractivity contribution < 1.29 is 14.3 Å². The Kier molecular flexibility index (Phi) is 5.39. The lowest BCUT2D eigenvalue weighted by Crippen LogP contribution is -2.26. The maximum Gasteiger partial charge on any atom is 0.307 e. The highest BCUT2D eigenvalue weighted by Gasteiger charge is 2.13. The smallest absolute Gasteiger partial charge is 0.307 e. The van der Waals surface area contributed by atoms with Crippen LogP contribution in [0, 0.1) is 5.41 Å². The Labute approximate surface area is 161 Å². The second-order valence-electron chi connectivity index (χ2n) is 6.27. The Hall–Kier alpha value is -3.68. The second kappa shape index (κ2) is 7.91. The average molecular weight is 379 g/mol. The van der Waals surface area contributed by atoms with Gasteiger partial charge in [0.2, 0.25) is 0 Å². The van der Waals surface area contributed by atoms with Gasteiger partial charge in [-0.1, -0.05) is 24.3 Å². The van der Waals surface area contributed by atoms with Gasteiger partial charge >= 0.3 is 5.97 Å². The highest BCUT2D eigenvalue weighted by atomic mass is 16.5. The maximum absolute atomic E-state index is 12.3. The van der Waals surface area contributed by atoms with E-state index in [-0.39, 0.29) is 30.7 Å². The zero-order chi connectivity index (χ0) is 20.3. The van der Waals surface area contributed by atoms with E-state index >= 15 is 0 Å². The minimum atomic E-state index is -0.372. The predicted molar refractivity (Wildman–Crippen MR) is 106 cm³/mol. The number of amides is 1. The molecule has 3 rings (SSSR count). The molecule has 0 aliphatic rings. The van der Waals surface area contributed by atoms with Gasteiger partial charge in [-0.3, -0.25) is 15.0 Å². The lowest BCUT2D eigenvalue weighted by atomic mass is 10.1. The predicted octanol–water partition coefficient (Wildman–Crippen LogP) is 1.82. The minimum Gasteiger partial charge on any atom is -0.469 e. The highest BCUT2D eigenvalue weighted by molar-refractivity contribution is 5.98. The molecule has 0 spiro atoms. The van der Waals surface area contributed by atoms with Crippen molar-refractivity contribution in [3.8, 4) is 11.4 Å². The summed E-state index contributed by atoms with van der Waals surface area (Å²) in [5.74, 6) is 0.120. The molecule has 2 aromatic carbocycles. The zero-order valence-electron chi connectivity index (χ0n) is 15.7. The number of hydrogen-bond acceptors (Lipinski definition) is 5. The summed E-state index contributed by atoms with van der Waals surface area (Å²) in [6, 6.07) is 12.5. The molecule has 0 radical (unpaired) electrons. The van der Waals surface area contributed by atoms with Crippen molar-refractivity contribution in [2.24, 2.45) is 12.8 Å². The average Bonchev–Trinajstić information content (AvgIpc) is 3.03. The van der Waals surface area contributed by atoms with Crippen molar-refractivity contribution in [3.63, 3.8) is 0 Å². The summed E-state index contributed by atoms with van der Waals surface area (Å²) >= 11 is 0. The molecule has 1 aromatic heterocycles. The number of nitrogens with one attached hydrogen (secondary N) is 2. The van der Waals surface area contributed by atoms with Gasteiger partial charge in [0.1, 0.15) is 11.7 Å². The van der Waals surface area contributed by atoms with E-state index in [0.29, 0.717) is 11.1 Å². The van der Waals surface area contributed by atoms with Crippen molar-refractivity contribution in [2.75, 3.05) is 13.7 Å². The third-order valence-corrected chi connectivity index (χ3v) is 4.44. The Morgan fingerprint density at radius 1 is 1.18 bits per heavy atom. The molecule has 4 N–H and O–H groups in total. The third kappa shape index (κ3) is 3.85. The lowest BCUT2D eigenvalue weighted by molar-refractivity contribution is -0.140. The fourth-order valence-electron chi connectivity index (χ4n) is 2.87. The Balaban J connectivity index is 1.85. The van der Waals surface area contributed by atoms with Crippen molar-refractivity contribution in [2.45, 2.75) is 6.42 Å². The van der Waals surface area contributed by atoms with Crippen LogP contribution in [0.25, 0.3) is 22.4 Å². The van der Waals surface area contributed by atoms with Crippen LogP contribution in [0.1, 0.15) is 22.3 Å². The Morgan fingerprint density at radius 3 is 2.50 bits per heavy atom. The molecule has 1 amide bonds. The van der Waals surface area contributed by atoms with Gasteiger partial charge in [-0.05, 0) is 18.2 Å². The first-order chi connectivity index (χ1) is 13.4. The van der Waals surface area contributed by atoms with Crippen LogP contribution in [-0.2, 0) is 16.6 Å². The summed E-state index contributed by atoms with van der Waals surface area (Å²) < 4.78 is 6.46. The molecule has 0 aliphatic carbocycles. The summed E-state index contributed by atoms with van der Waals surface area (Å²) in [4.78, 5) is 28.1. The number of nitrogens with two attached hydrogens (primary N) is 1. The molecule has 1 heterocycles. The summed E-state index contributed by atoms with van der Waals surface area (Å²) in [7, 11) is 3.19. The van der Waals surface area contributed by atoms with Crippen LogP contribution in [0.4, 0.5) is 0 Å². The van der Waals surface area contributed by atoms with Crippen LogP contribution < -0.4 is 11.1 Å². The number of methoxy groups -OCH3 is 1. The molecule has 0 saturated carbocycles. The zero-order valence-corrected chi connectivity index (χ0v) is 15.7. The number of benzene rings is 2. The van der Waals surface area contributed by atoms with Crippen molar-refractivity contribution >= 4 is 28.7 Å². The number of hydrogen-bond donors (Lipinski definition) is 3. The van der Waals surface area contributed by atoms with Gasteiger partial charge < -0.3 is 20.4 Å². The molecule has 28 heavy (non-hydrogen) atoms. The van der Waals surface area contributed by atoms with E-state index in [1.165, 1.54) is 7.11 Å². The summed E-state index contributed by atoms with van der Waals surface area (Å²) in [6.45, 7) is 0.211. The fraction of sp³-hybridized carbons (Fsp3) is 0.200. The molecule has 0 atom stereocenters. The molecule has 0 fully saturated rings. The van der Waals surface area contributed by atoms with E-state index in [4.69, 9.17) is 11.1 Å². The van der Waals surface area contributed by atoms with Gasteiger partial charge in [-0.2, -0.15) is 0 Å². The van der Waals surface area contributed by atoms with Gasteiger partial charge in [0.15, 0.2) is 0 Å². The van der Waals surface area contributed by atoms with E-state index in [2.05, 4.69) is 15.0 Å². The third-order valence-electron chi connectivity index (χ3n) is 4.44. The summed E-state index contributed by atoms with van der Waals surface area (Å²) in [5.41, 5.74) is 9.09. The van der Waals surface area contributed by atoms with Gasteiger partial charge in [-0.25, -0.2) is 4.98 Å². The van der Waals surface area contributed by atoms with E-state index in [9.17, 15) is 9.59 Å². The van der Waals surface area contributed by atoms with Gasteiger partial charge in [0.25, 0.3) is 5.91 Å². The first kappa shape index (κ1) is 19.1. The number of nitrogens with zero attached hydrogens (tertiary/aromatic N) is 2. The maximum atomic E-state index is 12.3. The van der Waals surface area contributed by atoms with E-state index in [0.717, 1.165) is 22.4 Å². The minimum absolute atomic E-state index is 0.0133. The molecular weight excluding hydrogens is 358 g/mol. The van der Waals surface area contributed by atoms with Gasteiger partial charge in [-0.15, -0.1) is 0 Å². The van der Waals surface area contributed by atoms with E-state index < -0.39 is 0 Å². The number of nitrogen functional groups attached to an aromatic ring is 1. The number of aryl methyl sites for hydroxylation is 1. The number of rotatable bonds is 6. The summed E-state index contributed by atoms with van der Waals surface area (Å²) in [5, 5.41) is 10.2. The number of carbonyl (C=O) groups is 2. The Morgan fingerprint density at radius 2 is 1.86 bits per heavy atom. The van der Waals surface area contributed by atoms with Crippen LogP contribution in [0.5, 0.6) is 0 Å². The quantitative estimate of drug-likeness (QED) is 0.342. The molecular formula is C20H21N5O3. The van der Waals surface area contributed by atoms with Crippen molar-refractivity contribution in [3.05, 3.63) is 53.6 Å². The fourth-order valence-corrected chi connectivity index (χ4v) is 2.87. The monoisotopic (exact) mass is 379 g/mol. The van der Waals surface area contributed by atoms with Gasteiger partial charge in [0.05, 0.1) is 24.6 Å². The molecule has 0 bridgehead atoms. The molecule has 144 valence electrons. The van der Waals surface area contributed by atoms with Crippen LogP contribution >= 0.6 is 0 Å².